The summed E-state index contributed by atoms with van der Waals surface area (Å²) in [6.07, 6.45) is 0. The van der Waals surface area contributed by atoms with E-state index in [9.17, 15) is 0 Å². The first-order chi connectivity index (χ1) is 67.4. The number of hydrogen-bond donors (Lipinski definition) is 0. The van der Waals surface area contributed by atoms with Gasteiger partial charge in [0.2, 0.25) is 0 Å². The molecule has 648 valence electrons. The van der Waals surface area contributed by atoms with Gasteiger partial charge in [0.25, 0.3) is 0 Å². The van der Waals surface area contributed by atoms with Crippen molar-refractivity contribution in [2.24, 2.45) is 0 Å². The van der Waals surface area contributed by atoms with Crippen LogP contribution in [0.5, 0.6) is 0 Å². The van der Waals surface area contributed by atoms with E-state index in [0.717, 1.165) is 136 Å². The third kappa shape index (κ3) is 19.2. The van der Waals surface area contributed by atoms with Crippen molar-refractivity contribution in [3.8, 4) is 86.3 Å². The molecule has 0 radical (unpaired) electrons. The van der Waals surface area contributed by atoms with E-state index >= 15 is 0 Å². The van der Waals surface area contributed by atoms with Crippen LogP contribution in [0.1, 0.15) is 0 Å². The highest BCUT2D eigenvalue weighted by Crippen LogP contribution is 2.47. The van der Waals surface area contributed by atoms with Crippen molar-refractivity contribution < 1.29 is 0 Å². The minimum absolute atomic E-state index is 1.08. The molecular weight excluding hydrogens is 1690 g/mol. The predicted octanol–water partition coefficient (Wildman–Crippen LogP) is 37.7. The lowest BCUT2D eigenvalue weighted by Gasteiger charge is -2.26. The fraction of sp³-hybridized carbons (Fsp3) is 0. The normalized spacial score (nSPS) is 10.9. The van der Waals surface area contributed by atoms with Gasteiger partial charge < -0.3 is 29.4 Å². The molecule has 0 aliphatic carbocycles. The Morgan fingerprint density at radius 2 is 0.176 bits per heavy atom. The van der Waals surface area contributed by atoms with Crippen LogP contribution in [0.15, 0.2) is 570 Å². The van der Waals surface area contributed by atoms with Gasteiger partial charge in [0.05, 0.1) is 0 Å². The van der Waals surface area contributed by atoms with Gasteiger partial charge in [-0.15, -0.1) is 22.7 Å². The zero-order chi connectivity index (χ0) is 91.0. The summed E-state index contributed by atoms with van der Waals surface area (Å²) in [5.41, 5.74) is 34.1. The molecular formula is C128H94N6S2. The highest BCUT2D eigenvalue weighted by atomic mass is 32.1. The minimum atomic E-state index is 1.08. The molecule has 0 unspecified atom stereocenters. The maximum atomic E-state index is 2.32. The molecule has 0 saturated carbocycles. The zero-order valence-corrected chi connectivity index (χ0v) is 76.4. The third-order valence-corrected chi connectivity index (χ3v) is 27.0. The second-order valence-corrected chi connectivity index (χ2v) is 35.4. The molecule has 6 nitrogen and oxygen atoms in total. The monoisotopic (exact) mass is 1780 g/mol. The van der Waals surface area contributed by atoms with Gasteiger partial charge in [-0.3, -0.25) is 0 Å². The Kier molecular flexibility index (Phi) is 25.4. The second kappa shape index (κ2) is 40.5. The molecule has 2 heterocycles. The molecule has 20 aromatic carbocycles. The average Bonchev–Trinajstić information content (AvgIpc) is 1.60. The van der Waals surface area contributed by atoms with E-state index in [2.05, 4.69) is 600 Å². The number of para-hydroxylation sites is 8. The summed E-state index contributed by atoms with van der Waals surface area (Å²) in [5.74, 6) is 0. The number of nitrogens with zero attached hydrogens (tertiary/aromatic N) is 6. The summed E-state index contributed by atoms with van der Waals surface area (Å²) in [6.45, 7) is 0. The summed E-state index contributed by atoms with van der Waals surface area (Å²) < 4.78 is 0. The van der Waals surface area contributed by atoms with Gasteiger partial charge in [0.15, 0.2) is 0 Å². The molecule has 22 rings (SSSR count). The minimum Gasteiger partial charge on any atom is -0.311 e. The highest BCUT2D eigenvalue weighted by molar-refractivity contribution is 7.19. The Morgan fingerprint density at radius 3 is 0.301 bits per heavy atom. The van der Waals surface area contributed by atoms with Gasteiger partial charge in [0, 0.05) is 122 Å². The summed E-state index contributed by atoms with van der Waals surface area (Å²) >= 11 is 3.66. The molecule has 136 heavy (non-hydrogen) atoms. The van der Waals surface area contributed by atoms with Crippen LogP contribution in [0.3, 0.4) is 0 Å². The maximum Gasteiger partial charge on any atom is 0.0462 e. The van der Waals surface area contributed by atoms with E-state index in [0.29, 0.717) is 0 Å². The summed E-state index contributed by atoms with van der Waals surface area (Å²) in [6, 6.07) is 204. The Bertz CT molecular complexity index is 7030. The van der Waals surface area contributed by atoms with Gasteiger partial charge >= 0.3 is 0 Å². The van der Waals surface area contributed by atoms with E-state index in [-0.39, 0.29) is 0 Å². The van der Waals surface area contributed by atoms with Crippen molar-refractivity contribution in [1.82, 2.24) is 0 Å². The van der Waals surface area contributed by atoms with E-state index in [1.807, 2.05) is 22.7 Å². The van der Waals surface area contributed by atoms with Crippen LogP contribution < -0.4 is 29.4 Å². The quantitative estimate of drug-likeness (QED) is 0.0534. The van der Waals surface area contributed by atoms with Crippen LogP contribution in [0.25, 0.3) is 86.3 Å². The maximum absolute atomic E-state index is 2.32. The molecule has 0 aliphatic heterocycles. The van der Waals surface area contributed by atoms with Crippen molar-refractivity contribution in [3.63, 3.8) is 0 Å². The van der Waals surface area contributed by atoms with Crippen LogP contribution in [0, 0.1) is 0 Å². The fourth-order valence-electron chi connectivity index (χ4n) is 17.8. The lowest BCUT2D eigenvalue weighted by molar-refractivity contribution is 1.28. The number of anilines is 18. The molecule has 0 spiro atoms. The third-order valence-electron chi connectivity index (χ3n) is 24.6. The topological polar surface area (TPSA) is 19.4 Å². The molecule has 22 aromatic rings. The Labute approximate surface area is 804 Å². The van der Waals surface area contributed by atoms with Crippen molar-refractivity contribution >= 4 is 125 Å². The van der Waals surface area contributed by atoms with Crippen LogP contribution in [-0.2, 0) is 0 Å². The van der Waals surface area contributed by atoms with Crippen molar-refractivity contribution in [1.29, 1.82) is 0 Å². The summed E-state index contributed by atoms with van der Waals surface area (Å²) in [7, 11) is 0. The second-order valence-electron chi connectivity index (χ2n) is 33.2. The first-order valence-electron chi connectivity index (χ1n) is 46.0. The fourth-order valence-corrected chi connectivity index (χ4v) is 19.8. The molecule has 0 atom stereocenters. The lowest BCUT2D eigenvalue weighted by atomic mass is 10.0. The van der Waals surface area contributed by atoms with Crippen LogP contribution in [-0.4, -0.2) is 0 Å². The van der Waals surface area contributed by atoms with Crippen LogP contribution in [0.2, 0.25) is 0 Å². The van der Waals surface area contributed by atoms with Gasteiger partial charge in [0.1, 0.15) is 0 Å². The molecule has 0 amide bonds. The molecule has 8 heteroatoms. The van der Waals surface area contributed by atoms with E-state index in [4.69, 9.17) is 0 Å². The molecule has 0 saturated heterocycles. The summed E-state index contributed by atoms with van der Waals surface area (Å²) in [5, 5.41) is 0. The number of thiophene rings is 2. The summed E-state index contributed by atoms with van der Waals surface area (Å²) in [4.78, 5) is 19.0. The smallest absolute Gasteiger partial charge is 0.0462 e. The molecule has 0 N–H and O–H groups in total. The molecule has 0 bridgehead atoms. The first kappa shape index (κ1) is 85.4. The van der Waals surface area contributed by atoms with Gasteiger partial charge in [-0.1, -0.05) is 328 Å². The largest absolute Gasteiger partial charge is 0.311 e. The standard InChI is InChI=1S/C72H54N4.C56H40N2S2/c1-7-19-61(20-8-1)73(62-21-9-2-10-22-62)67-43-31-55(32-44-67)57-35-47-69(48-36-57)75(65-27-15-5-16-28-65)71-51-39-59(40-52-71)60-41-53-72(54-42-60)76(66-29-17-6-18-30-66)70-49-37-58(38-50-70)56-33-45-68(46-34-56)74(63-23-11-3-12-24-63)64-25-13-4-14-26-64;1-5-13-43(14-6-1)53-37-39-55(59-53)45-25-33-51(34-26-45)57(47-17-9-3-10-18-47)49-29-21-41(22-30-49)42-23-31-50(32-24-42)58(48-19-11-4-12-20-48)52-35-27-46(28-36-52)56-40-38-54(60-56)44-15-7-2-8-16-44/h1-54H;1-40H. The van der Waals surface area contributed by atoms with E-state index in [1.165, 1.54) is 52.9 Å². The van der Waals surface area contributed by atoms with Crippen LogP contribution >= 0.6 is 22.7 Å². The van der Waals surface area contributed by atoms with Crippen molar-refractivity contribution in [2.75, 3.05) is 29.4 Å². The van der Waals surface area contributed by atoms with E-state index < -0.39 is 0 Å². The Morgan fingerprint density at radius 1 is 0.0809 bits per heavy atom. The SMILES string of the molecule is c1ccc(-c2ccc(-c3ccc(N(c4ccccc4)c4ccc(-c5ccc(N(c6ccccc6)c6ccc(-c7ccc(-c8ccccc8)s7)cc6)cc5)cc4)cc3)s2)cc1.c1ccc(N(c2ccccc2)c2ccc(-c3ccc(N(c4ccccc4)c4ccc(-c5ccc(N(c6ccccc6)c6ccc(-c7ccc(N(c8ccccc8)c8ccccc8)cc7)cc6)cc5)cc4)cc3)cc2)cc1. The predicted molar refractivity (Wildman–Crippen MR) is 580 cm³/mol. The zero-order valence-electron chi connectivity index (χ0n) is 74.8. The Balaban J connectivity index is 0.000000167. The number of benzene rings is 20. The molecule has 0 aliphatic rings. The van der Waals surface area contributed by atoms with Crippen LogP contribution in [0.4, 0.5) is 102 Å². The lowest BCUT2D eigenvalue weighted by Crippen LogP contribution is -2.10. The van der Waals surface area contributed by atoms with E-state index in [1.54, 1.807) is 0 Å². The first-order valence-corrected chi connectivity index (χ1v) is 47.6. The van der Waals surface area contributed by atoms with Gasteiger partial charge in [-0.05, 0) is 309 Å². The number of hydrogen-bond acceptors (Lipinski definition) is 8. The van der Waals surface area contributed by atoms with Gasteiger partial charge in [-0.2, -0.15) is 0 Å². The number of rotatable bonds is 26. The Hall–Kier alpha value is -17.4. The van der Waals surface area contributed by atoms with Gasteiger partial charge in [-0.25, -0.2) is 0 Å². The molecule has 0 fully saturated rings. The van der Waals surface area contributed by atoms with Crippen molar-refractivity contribution in [2.45, 2.75) is 0 Å². The average molecular weight is 1780 g/mol. The highest BCUT2D eigenvalue weighted by Gasteiger charge is 2.22. The molecule has 2 aromatic heterocycles. The van der Waals surface area contributed by atoms with Crippen molar-refractivity contribution in [3.05, 3.63) is 570 Å².